The molecule has 6 heteroatoms. The smallest absolute Gasteiger partial charge is 0.234 e. The molecular weight excluding hydrogens is 170 g/mol. The van der Waals surface area contributed by atoms with Gasteiger partial charge in [-0.2, -0.15) is 0 Å². The minimum atomic E-state index is -0.255. The highest BCUT2D eigenvalue weighted by Crippen LogP contribution is 2.16. The fraction of sp³-hybridized carbons (Fsp3) is 0.857. The lowest BCUT2D eigenvalue weighted by molar-refractivity contribution is -0.127. The number of carbonyl (C=O) groups is 1. The maximum atomic E-state index is 10.8. The molecule has 1 amide bonds. The molecule has 1 rings (SSSR count). The molecule has 1 aliphatic heterocycles. The van der Waals surface area contributed by atoms with E-state index in [4.69, 9.17) is 11.3 Å². The molecule has 2 N–H and O–H groups in total. The number of nitrogens with zero attached hydrogens (tertiary/aromatic N) is 4. The van der Waals surface area contributed by atoms with Gasteiger partial charge in [-0.15, -0.1) is 0 Å². The monoisotopic (exact) mass is 183 g/mol. The average Bonchev–Trinajstić information content (AvgIpc) is 2.01. The van der Waals surface area contributed by atoms with E-state index >= 15 is 0 Å². The van der Waals surface area contributed by atoms with Gasteiger partial charge in [0.15, 0.2) is 0 Å². The van der Waals surface area contributed by atoms with Gasteiger partial charge in [-0.05, 0) is 24.9 Å². The lowest BCUT2D eigenvalue weighted by Gasteiger charge is -2.38. The molecule has 1 saturated heterocycles. The Morgan fingerprint density at radius 2 is 2.54 bits per heavy atom. The number of likely N-dealkylation sites (tertiary alicyclic amines) is 1. The van der Waals surface area contributed by atoms with E-state index in [1.54, 1.807) is 0 Å². The Hall–Kier alpha value is -1.26. The third-order valence-electron chi connectivity index (χ3n) is 2.23. The van der Waals surface area contributed by atoms with Crippen molar-refractivity contribution >= 4 is 5.91 Å². The van der Waals surface area contributed by atoms with E-state index in [-0.39, 0.29) is 11.9 Å². The van der Waals surface area contributed by atoms with Gasteiger partial charge in [0.25, 0.3) is 0 Å². The lowest BCUT2D eigenvalue weighted by atomic mass is 10.0. The van der Waals surface area contributed by atoms with Crippen LogP contribution in [-0.2, 0) is 4.79 Å². The summed E-state index contributed by atoms with van der Waals surface area (Å²) in [6.07, 6.45) is 1.64. The fourth-order valence-electron chi connectivity index (χ4n) is 1.42. The van der Waals surface area contributed by atoms with Crippen LogP contribution in [0.3, 0.4) is 0 Å². The number of azide groups is 1. The molecule has 1 aliphatic rings. The molecule has 13 heavy (non-hydrogen) atoms. The summed E-state index contributed by atoms with van der Waals surface area (Å²) in [6.45, 7) is 2.19. The van der Waals surface area contributed by atoms with Gasteiger partial charge < -0.3 is 5.73 Å². The predicted octanol–water partition coefficient (Wildman–Crippen LogP) is 0.246. The van der Waals surface area contributed by atoms with Crippen molar-refractivity contribution < 1.29 is 4.79 Å². The summed E-state index contributed by atoms with van der Waals surface area (Å²) in [5, 5.41) is 3.41. The highest BCUT2D eigenvalue weighted by molar-refractivity contribution is 5.80. The summed E-state index contributed by atoms with van der Waals surface area (Å²) in [6, 6.07) is -0.0916. The van der Waals surface area contributed by atoms with Crippen molar-refractivity contribution in [1.82, 2.24) is 4.90 Å². The van der Waals surface area contributed by atoms with Crippen LogP contribution in [0.1, 0.15) is 12.8 Å². The Morgan fingerprint density at radius 1 is 1.77 bits per heavy atom. The van der Waals surface area contributed by atoms with Gasteiger partial charge in [0, 0.05) is 18.0 Å². The van der Waals surface area contributed by atoms with Crippen molar-refractivity contribution in [3.8, 4) is 0 Å². The van der Waals surface area contributed by atoms with E-state index in [1.807, 2.05) is 4.90 Å². The molecule has 0 spiro atoms. The van der Waals surface area contributed by atoms with Crippen LogP contribution in [-0.4, -0.2) is 36.5 Å². The molecular formula is C7H13N5O. The van der Waals surface area contributed by atoms with Crippen molar-refractivity contribution in [1.29, 1.82) is 0 Å². The number of primary amides is 1. The second-order valence-corrected chi connectivity index (χ2v) is 3.05. The van der Waals surface area contributed by atoms with Crippen molar-refractivity contribution in [2.24, 2.45) is 10.8 Å². The molecule has 0 aliphatic carbocycles. The fourth-order valence-corrected chi connectivity index (χ4v) is 1.42. The zero-order valence-electron chi connectivity index (χ0n) is 7.39. The standard InChI is InChI=1S/C7H13N5O/c8-7(13)6-2-5-12(6)4-1-3-10-11-9/h6H,1-5H2,(H2,8,13). The van der Waals surface area contributed by atoms with Gasteiger partial charge in [0.2, 0.25) is 5.91 Å². The maximum absolute atomic E-state index is 10.8. The van der Waals surface area contributed by atoms with E-state index < -0.39 is 0 Å². The van der Waals surface area contributed by atoms with Gasteiger partial charge >= 0.3 is 0 Å². The van der Waals surface area contributed by atoms with Crippen LogP contribution in [0, 0.1) is 0 Å². The molecule has 0 aromatic carbocycles. The second kappa shape index (κ2) is 4.69. The number of carbonyl (C=O) groups excluding carboxylic acids is 1. The van der Waals surface area contributed by atoms with Crippen LogP contribution in [0.25, 0.3) is 10.4 Å². The SMILES string of the molecule is [N-]=[N+]=NCCCN1CCC1C(N)=O. The summed E-state index contributed by atoms with van der Waals surface area (Å²) >= 11 is 0. The van der Waals surface area contributed by atoms with Gasteiger partial charge in [-0.1, -0.05) is 5.11 Å². The summed E-state index contributed by atoms with van der Waals surface area (Å²) in [5.41, 5.74) is 13.2. The first kappa shape index (κ1) is 9.83. The van der Waals surface area contributed by atoms with Gasteiger partial charge in [-0.3, -0.25) is 9.69 Å². The third-order valence-corrected chi connectivity index (χ3v) is 2.23. The molecule has 0 radical (unpaired) electrons. The highest BCUT2D eigenvalue weighted by atomic mass is 16.1. The molecule has 72 valence electrons. The van der Waals surface area contributed by atoms with Crippen LogP contribution < -0.4 is 5.73 Å². The Balaban J connectivity index is 2.15. The normalized spacial score (nSPS) is 21.7. The Kier molecular flexibility index (Phi) is 3.54. The largest absolute Gasteiger partial charge is 0.368 e. The molecule has 1 heterocycles. The van der Waals surface area contributed by atoms with Crippen molar-refractivity contribution in [2.75, 3.05) is 19.6 Å². The first-order chi connectivity index (χ1) is 6.25. The van der Waals surface area contributed by atoms with E-state index in [1.165, 1.54) is 0 Å². The van der Waals surface area contributed by atoms with Gasteiger partial charge in [0.05, 0.1) is 6.04 Å². The minimum absolute atomic E-state index is 0.0916. The van der Waals surface area contributed by atoms with E-state index in [2.05, 4.69) is 10.0 Å². The number of amides is 1. The molecule has 0 bridgehead atoms. The predicted molar refractivity (Wildman–Crippen MR) is 47.8 cm³/mol. The zero-order valence-corrected chi connectivity index (χ0v) is 7.39. The summed E-state index contributed by atoms with van der Waals surface area (Å²) < 4.78 is 0. The third kappa shape index (κ3) is 2.61. The minimum Gasteiger partial charge on any atom is -0.368 e. The first-order valence-electron chi connectivity index (χ1n) is 4.30. The summed E-state index contributed by atoms with van der Waals surface area (Å²) in [4.78, 5) is 15.4. The molecule has 6 nitrogen and oxygen atoms in total. The number of nitrogens with two attached hydrogens (primary N) is 1. The number of hydrogen-bond acceptors (Lipinski definition) is 3. The summed E-state index contributed by atoms with van der Waals surface area (Å²) in [5.74, 6) is -0.255. The Labute approximate surface area is 76.3 Å². The van der Waals surface area contributed by atoms with E-state index in [0.717, 1.165) is 25.9 Å². The van der Waals surface area contributed by atoms with E-state index in [0.29, 0.717) is 6.54 Å². The number of hydrogen-bond donors (Lipinski definition) is 1. The molecule has 0 aromatic rings. The topological polar surface area (TPSA) is 95.1 Å². The second-order valence-electron chi connectivity index (χ2n) is 3.05. The number of rotatable bonds is 5. The lowest BCUT2D eigenvalue weighted by Crippen LogP contribution is -2.55. The molecule has 1 atom stereocenters. The van der Waals surface area contributed by atoms with Crippen molar-refractivity contribution in [2.45, 2.75) is 18.9 Å². The van der Waals surface area contributed by atoms with E-state index in [9.17, 15) is 4.79 Å². The van der Waals surface area contributed by atoms with Crippen LogP contribution in [0.5, 0.6) is 0 Å². The van der Waals surface area contributed by atoms with Crippen LogP contribution in [0.15, 0.2) is 5.11 Å². The van der Waals surface area contributed by atoms with Crippen LogP contribution in [0.4, 0.5) is 0 Å². The zero-order chi connectivity index (χ0) is 9.68. The average molecular weight is 183 g/mol. The van der Waals surface area contributed by atoms with Crippen molar-refractivity contribution in [3.05, 3.63) is 10.4 Å². The molecule has 1 fully saturated rings. The molecule has 0 saturated carbocycles. The molecule has 1 unspecified atom stereocenters. The van der Waals surface area contributed by atoms with Crippen LogP contribution in [0.2, 0.25) is 0 Å². The first-order valence-corrected chi connectivity index (χ1v) is 4.30. The highest BCUT2D eigenvalue weighted by Gasteiger charge is 2.31. The van der Waals surface area contributed by atoms with Gasteiger partial charge in [-0.25, -0.2) is 0 Å². The maximum Gasteiger partial charge on any atom is 0.234 e. The van der Waals surface area contributed by atoms with Gasteiger partial charge in [0.1, 0.15) is 0 Å². The summed E-state index contributed by atoms with van der Waals surface area (Å²) in [7, 11) is 0. The van der Waals surface area contributed by atoms with Crippen molar-refractivity contribution in [3.63, 3.8) is 0 Å². The Bertz CT molecular complexity index is 235. The quantitative estimate of drug-likeness (QED) is 0.286. The van der Waals surface area contributed by atoms with Crippen LogP contribution >= 0.6 is 0 Å². The molecule has 0 aromatic heterocycles. The Morgan fingerprint density at radius 3 is 3.00 bits per heavy atom.